The van der Waals surface area contributed by atoms with E-state index in [0.29, 0.717) is 13.2 Å². The van der Waals surface area contributed by atoms with E-state index in [1.54, 1.807) is 11.3 Å². The Hall–Kier alpha value is -2.34. The highest BCUT2D eigenvalue weighted by molar-refractivity contribution is 7.10. The van der Waals surface area contributed by atoms with Crippen molar-refractivity contribution < 1.29 is 14.3 Å². The molecule has 0 unspecified atom stereocenters. The molecule has 0 radical (unpaired) electrons. The summed E-state index contributed by atoms with van der Waals surface area (Å²) in [4.78, 5) is 31.4. The van der Waals surface area contributed by atoms with E-state index in [0.717, 1.165) is 37.0 Å². The number of rotatable bonds is 8. The number of amides is 2. The summed E-state index contributed by atoms with van der Waals surface area (Å²) < 4.78 is 6.18. The molecule has 1 aromatic carbocycles. The summed E-state index contributed by atoms with van der Waals surface area (Å²) in [5, 5.41) is 2.10. The van der Waals surface area contributed by atoms with Gasteiger partial charge in [-0.3, -0.25) is 9.59 Å². The Morgan fingerprint density at radius 3 is 2.74 bits per heavy atom. The third-order valence-electron chi connectivity index (χ3n) is 6.54. The number of ether oxygens (including phenoxy) is 1. The number of thiophene rings is 1. The Kier molecular flexibility index (Phi) is 6.65. The first-order valence-electron chi connectivity index (χ1n) is 11.3. The minimum atomic E-state index is -0.128. The van der Waals surface area contributed by atoms with Crippen LogP contribution in [0.4, 0.5) is 0 Å². The van der Waals surface area contributed by atoms with Crippen LogP contribution in [0.2, 0.25) is 0 Å². The number of aryl methyl sites for hydroxylation is 1. The van der Waals surface area contributed by atoms with Gasteiger partial charge in [-0.05, 0) is 68.2 Å². The molecule has 1 aliphatic carbocycles. The highest BCUT2D eigenvalue weighted by Gasteiger charge is 2.38. The molecule has 0 N–H and O–H groups in total. The lowest BCUT2D eigenvalue weighted by Crippen LogP contribution is -2.50. The van der Waals surface area contributed by atoms with Crippen molar-refractivity contribution in [2.75, 3.05) is 19.7 Å². The molecule has 2 aromatic rings. The Morgan fingerprint density at radius 1 is 1.26 bits per heavy atom. The van der Waals surface area contributed by atoms with E-state index >= 15 is 0 Å². The van der Waals surface area contributed by atoms with Crippen LogP contribution in [0.1, 0.15) is 55.2 Å². The average molecular weight is 441 g/mol. The fourth-order valence-electron chi connectivity index (χ4n) is 4.23. The molecule has 31 heavy (non-hydrogen) atoms. The highest BCUT2D eigenvalue weighted by atomic mass is 32.1. The van der Waals surface area contributed by atoms with Crippen molar-refractivity contribution in [1.82, 2.24) is 9.80 Å². The zero-order valence-corrected chi connectivity index (χ0v) is 19.5. The van der Waals surface area contributed by atoms with Gasteiger partial charge in [0.25, 0.3) is 0 Å². The monoisotopic (exact) mass is 440 g/mol. The minimum absolute atomic E-state index is 0.0181. The molecule has 166 valence electrons. The SMILES string of the molecule is CC[C@@H](C)N(CC(=O)N1CCc2sccc2[C@H]1COc1ccccc1C)C(=O)C1CC1. The number of para-hydroxylation sites is 1. The molecule has 2 amide bonds. The van der Waals surface area contributed by atoms with Crippen LogP contribution < -0.4 is 4.74 Å². The van der Waals surface area contributed by atoms with Crippen LogP contribution >= 0.6 is 11.3 Å². The second kappa shape index (κ2) is 9.43. The molecule has 1 saturated carbocycles. The summed E-state index contributed by atoms with van der Waals surface area (Å²) in [6, 6.07) is 10.0. The normalized spacial score (nSPS) is 18.9. The van der Waals surface area contributed by atoms with Crippen LogP contribution in [0.5, 0.6) is 5.75 Å². The van der Waals surface area contributed by atoms with Crippen LogP contribution in [-0.2, 0) is 16.0 Å². The number of hydrogen-bond donors (Lipinski definition) is 0. The van der Waals surface area contributed by atoms with Crippen molar-refractivity contribution >= 4 is 23.2 Å². The van der Waals surface area contributed by atoms with Crippen molar-refractivity contribution in [1.29, 1.82) is 0 Å². The molecule has 4 rings (SSSR count). The number of carbonyl (C=O) groups is 2. The van der Waals surface area contributed by atoms with Gasteiger partial charge in [0, 0.05) is 23.4 Å². The average Bonchev–Trinajstić information content (AvgIpc) is 3.52. The maximum absolute atomic E-state index is 13.5. The fourth-order valence-corrected chi connectivity index (χ4v) is 5.16. The topological polar surface area (TPSA) is 49.9 Å². The Balaban J connectivity index is 1.52. The fraction of sp³-hybridized carbons (Fsp3) is 0.520. The van der Waals surface area contributed by atoms with Crippen LogP contribution in [0.3, 0.4) is 0 Å². The van der Waals surface area contributed by atoms with Crippen LogP contribution in [0.25, 0.3) is 0 Å². The lowest BCUT2D eigenvalue weighted by molar-refractivity contribution is -0.145. The minimum Gasteiger partial charge on any atom is -0.491 e. The first kappa shape index (κ1) is 21.9. The predicted octanol–water partition coefficient (Wildman–Crippen LogP) is 4.60. The summed E-state index contributed by atoms with van der Waals surface area (Å²) in [5.74, 6) is 1.13. The molecule has 2 atom stereocenters. The van der Waals surface area contributed by atoms with Crippen molar-refractivity contribution in [2.24, 2.45) is 5.92 Å². The van der Waals surface area contributed by atoms with Gasteiger partial charge in [-0.1, -0.05) is 25.1 Å². The summed E-state index contributed by atoms with van der Waals surface area (Å²) in [7, 11) is 0. The zero-order chi connectivity index (χ0) is 22.0. The van der Waals surface area contributed by atoms with E-state index in [9.17, 15) is 9.59 Å². The zero-order valence-electron chi connectivity index (χ0n) is 18.7. The van der Waals surface area contributed by atoms with Gasteiger partial charge in [-0.25, -0.2) is 0 Å². The predicted molar refractivity (Wildman–Crippen MR) is 123 cm³/mol. The van der Waals surface area contributed by atoms with Gasteiger partial charge in [0.15, 0.2) is 0 Å². The van der Waals surface area contributed by atoms with Crippen molar-refractivity contribution in [3.63, 3.8) is 0 Å². The van der Waals surface area contributed by atoms with Crippen LogP contribution in [0.15, 0.2) is 35.7 Å². The van der Waals surface area contributed by atoms with E-state index in [1.807, 2.05) is 47.9 Å². The van der Waals surface area contributed by atoms with Crippen molar-refractivity contribution in [3.05, 3.63) is 51.7 Å². The van der Waals surface area contributed by atoms with Crippen LogP contribution in [-0.4, -0.2) is 47.4 Å². The van der Waals surface area contributed by atoms with Gasteiger partial charge in [-0.2, -0.15) is 0 Å². The number of carbonyl (C=O) groups excluding carboxylic acids is 2. The maximum Gasteiger partial charge on any atom is 0.242 e. The summed E-state index contributed by atoms with van der Waals surface area (Å²) in [6.07, 6.45) is 3.61. The molecule has 0 saturated heterocycles. The third kappa shape index (κ3) is 4.79. The second-order valence-electron chi connectivity index (χ2n) is 8.73. The summed E-state index contributed by atoms with van der Waals surface area (Å²) in [6.45, 7) is 7.38. The first-order valence-corrected chi connectivity index (χ1v) is 12.2. The number of hydrogen-bond acceptors (Lipinski definition) is 4. The number of benzene rings is 1. The van der Waals surface area contributed by atoms with Gasteiger partial charge in [0.05, 0.1) is 6.04 Å². The van der Waals surface area contributed by atoms with Crippen molar-refractivity contribution in [2.45, 2.75) is 58.5 Å². The molecule has 2 aliphatic rings. The Morgan fingerprint density at radius 2 is 2.03 bits per heavy atom. The molecule has 1 fully saturated rings. The van der Waals surface area contributed by atoms with Crippen LogP contribution in [0, 0.1) is 12.8 Å². The molecule has 0 spiro atoms. The lowest BCUT2D eigenvalue weighted by atomic mass is 10.00. The second-order valence-corrected chi connectivity index (χ2v) is 9.73. The smallest absolute Gasteiger partial charge is 0.242 e. The largest absolute Gasteiger partial charge is 0.491 e. The van der Waals surface area contributed by atoms with Gasteiger partial charge < -0.3 is 14.5 Å². The van der Waals surface area contributed by atoms with Gasteiger partial charge in [0.1, 0.15) is 18.9 Å². The van der Waals surface area contributed by atoms with E-state index < -0.39 is 0 Å². The van der Waals surface area contributed by atoms with Gasteiger partial charge in [0.2, 0.25) is 11.8 Å². The summed E-state index contributed by atoms with van der Waals surface area (Å²) >= 11 is 1.75. The number of nitrogens with zero attached hydrogens (tertiary/aromatic N) is 2. The summed E-state index contributed by atoms with van der Waals surface area (Å²) in [5.41, 5.74) is 2.27. The third-order valence-corrected chi connectivity index (χ3v) is 7.54. The molecule has 1 aromatic heterocycles. The van der Waals surface area contributed by atoms with Gasteiger partial charge in [-0.15, -0.1) is 11.3 Å². The lowest BCUT2D eigenvalue weighted by Gasteiger charge is -2.38. The standard InChI is InChI=1S/C25H32N2O3S/c1-4-18(3)27(25(29)19-9-10-19)15-24(28)26-13-11-23-20(12-14-31-23)21(26)16-30-22-8-6-5-7-17(22)2/h5-8,12,14,18-19,21H,4,9-11,13,15-16H2,1-3H3/t18-,21-/m1/s1. The van der Waals surface area contributed by atoms with Gasteiger partial charge >= 0.3 is 0 Å². The quantitative estimate of drug-likeness (QED) is 0.603. The van der Waals surface area contributed by atoms with E-state index in [-0.39, 0.29) is 36.4 Å². The van der Waals surface area contributed by atoms with E-state index in [4.69, 9.17) is 4.74 Å². The van der Waals surface area contributed by atoms with E-state index in [1.165, 1.54) is 10.4 Å². The molecule has 0 bridgehead atoms. The first-order chi connectivity index (χ1) is 15.0. The molecule has 2 heterocycles. The Bertz CT molecular complexity index is 936. The molecular formula is C25H32N2O3S. The van der Waals surface area contributed by atoms with E-state index in [2.05, 4.69) is 18.4 Å². The van der Waals surface area contributed by atoms with Crippen molar-refractivity contribution in [3.8, 4) is 5.75 Å². The maximum atomic E-state index is 13.5. The molecule has 1 aliphatic heterocycles. The molecule has 6 heteroatoms. The molecule has 5 nitrogen and oxygen atoms in total. The highest BCUT2D eigenvalue weighted by Crippen LogP contribution is 2.35. The Labute approximate surface area is 189 Å². The molecular weight excluding hydrogens is 408 g/mol. The number of fused-ring (bicyclic) bond motifs is 1.